The summed E-state index contributed by atoms with van der Waals surface area (Å²) in [5, 5.41) is 0. The van der Waals surface area contributed by atoms with E-state index in [0.717, 1.165) is 21.8 Å². The third kappa shape index (κ3) is 4.10. The minimum absolute atomic E-state index is 0.237. The number of imide groups is 1. The van der Waals surface area contributed by atoms with Gasteiger partial charge in [0.05, 0.1) is 6.61 Å². The summed E-state index contributed by atoms with van der Waals surface area (Å²) in [6.07, 6.45) is 0.505. The Morgan fingerprint density at radius 2 is 1.76 bits per heavy atom. The molecule has 1 aromatic carbocycles. The Hall–Kier alpha value is -2.57. The molecule has 0 aliphatic carbocycles. The van der Waals surface area contributed by atoms with E-state index in [-0.39, 0.29) is 19.0 Å². The zero-order valence-corrected chi connectivity index (χ0v) is 15.2. The molecule has 0 spiro atoms. The number of rotatable bonds is 7. The largest absolute Gasteiger partial charge is 0.494 e. The number of ether oxygens (including phenoxy) is 1. The zero-order valence-electron chi connectivity index (χ0n) is 15.2. The van der Waals surface area contributed by atoms with E-state index in [1.54, 1.807) is 13.8 Å². The van der Waals surface area contributed by atoms with Crippen LogP contribution < -0.4 is 10.5 Å². The maximum absolute atomic E-state index is 12.5. The summed E-state index contributed by atoms with van der Waals surface area (Å²) < 4.78 is 5.70. The van der Waals surface area contributed by atoms with Crippen LogP contribution in [-0.4, -0.2) is 52.9 Å². The number of amides is 4. The Labute approximate surface area is 147 Å². The van der Waals surface area contributed by atoms with Crippen molar-refractivity contribution in [3.05, 3.63) is 29.3 Å². The van der Waals surface area contributed by atoms with Crippen molar-refractivity contribution >= 4 is 17.8 Å². The van der Waals surface area contributed by atoms with Gasteiger partial charge in [-0.15, -0.1) is 0 Å². The molecule has 4 amide bonds. The third-order valence-electron chi connectivity index (χ3n) is 4.21. The molecule has 25 heavy (non-hydrogen) atoms. The molecular weight excluding hydrogens is 322 g/mol. The summed E-state index contributed by atoms with van der Waals surface area (Å²) in [6, 6.07) is 5.46. The number of primary amides is 1. The summed E-state index contributed by atoms with van der Waals surface area (Å²) in [5.41, 5.74) is 6.33. The van der Waals surface area contributed by atoms with E-state index in [2.05, 4.69) is 6.07 Å². The summed E-state index contributed by atoms with van der Waals surface area (Å²) >= 11 is 0. The molecule has 0 radical (unpaired) electrons. The van der Waals surface area contributed by atoms with Crippen molar-refractivity contribution in [2.45, 2.75) is 39.7 Å². The number of benzene rings is 1. The molecule has 1 heterocycles. The first-order chi connectivity index (χ1) is 11.6. The highest BCUT2D eigenvalue weighted by atomic mass is 16.5. The summed E-state index contributed by atoms with van der Waals surface area (Å²) in [4.78, 5) is 38.4. The number of carbonyl (C=O) groups excluding carboxylic acids is 3. The zero-order chi connectivity index (χ0) is 18.8. The van der Waals surface area contributed by atoms with Crippen LogP contribution in [0, 0.1) is 13.8 Å². The van der Waals surface area contributed by atoms with Gasteiger partial charge in [-0.3, -0.25) is 14.5 Å². The highest BCUT2D eigenvalue weighted by Crippen LogP contribution is 2.27. The highest BCUT2D eigenvalue weighted by Gasteiger charge is 2.51. The van der Waals surface area contributed by atoms with Gasteiger partial charge in [-0.1, -0.05) is 6.07 Å². The Kier molecular flexibility index (Phi) is 5.35. The van der Waals surface area contributed by atoms with Crippen LogP contribution in [0.5, 0.6) is 5.75 Å². The highest BCUT2D eigenvalue weighted by molar-refractivity contribution is 6.07. The van der Waals surface area contributed by atoms with Crippen LogP contribution in [0.25, 0.3) is 0 Å². The number of aryl methyl sites for hydroxylation is 2. The fourth-order valence-electron chi connectivity index (χ4n) is 2.96. The fourth-order valence-corrected chi connectivity index (χ4v) is 2.96. The molecule has 0 unspecified atom stereocenters. The van der Waals surface area contributed by atoms with Crippen LogP contribution in [0.4, 0.5) is 4.79 Å². The van der Waals surface area contributed by atoms with E-state index in [9.17, 15) is 14.4 Å². The SMILES string of the molecule is Cc1cc(C)cc(OCCCN2C(=O)N(CC(N)=O)C(C)(C)C2=O)c1. The lowest BCUT2D eigenvalue weighted by molar-refractivity contribution is -0.132. The molecule has 1 saturated heterocycles. The molecule has 1 aromatic rings. The lowest BCUT2D eigenvalue weighted by atomic mass is 10.0. The van der Waals surface area contributed by atoms with E-state index >= 15 is 0 Å². The second kappa shape index (κ2) is 7.13. The van der Waals surface area contributed by atoms with Gasteiger partial charge in [-0.05, 0) is 57.4 Å². The summed E-state index contributed by atoms with van der Waals surface area (Å²) in [5.74, 6) is -0.202. The quantitative estimate of drug-likeness (QED) is 0.599. The predicted molar refractivity (Wildman–Crippen MR) is 93.1 cm³/mol. The van der Waals surface area contributed by atoms with Gasteiger partial charge in [0, 0.05) is 6.54 Å². The van der Waals surface area contributed by atoms with Crippen LogP contribution in [-0.2, 0) is 9.59 Å². The lowest BCUT2D eigenvalue weighted by Crippen LogP contribution is -2.47. The first kappa shape index (κ1) is 18.8. The van der Waals surface area contributed by atoms with Crippen molar-refractivity contribution in [2.24, 2.45) is 5.73 Å². The van der Waals surface area contributed by atoms with E-state index in [1.165, 1.54) is 4.90 Å². The number of hydrogen-bond acceptors (Lipinski definition) is 4. The van der Waals surface area contributed by atoms with Gasteiger partial charge in [0.15, 0.2) is 0 Å². The predicted octanol–water partition coefficient (Wildman–Crippen LogP) is 1.60. The molecule has 7 nitrogen and oxygen atoms in total. The Balaban J connectivity index is 1.93. The van der Waals surface area contributed by atoms with Gasteiger partial charge >= 0.3 is 6.03 Å². The van der Waals surface area contributed by atoms with Crippen LogP contribution >= 0.6 is 0 Å². The van der Waals surface area contributed by atoms with Crippen molar-refractivity contribution in [1.82, 2.24) is 9.80 Å². The standard InChI is InChI=1S/C18H25N3O4/c1-12-8-13(2)10-14(9-12)25-7-5-6-20-16(23)18(3,4)21(17(20)24)11-15(19)22/h8-10H,5-7,11H2,1-4H3,(H2,19,22). The van der Waals surface area contributed by atoms with Crippen LogP contribution in [0.1, 0.15) is 31.4 Å². The number of nitrogens with two attached hydrogens (primary N) is 1. The van der Waals surface area contributed by atoms with Crippen LogP contribution in [0.15, 0.2) is 18.2 Å². The fraction of sp³-hybridized carbons (Fsp3) is 0.500. The monoisotopic (exact) mass is 347 g/mol. The number of urea groups is 1. The van der Waals surface area contributed by atoms with Crippen molar-refractivity contribution in [3.8, 4) is 5.75 Å². The number of nitrogens with zero attached hydrogens (tertiary/aromatic N) is 2. The van der Waals surface area contributed by atoms with E-state index < -0.39 is 17.5 Å². The molecule has 0 saturated carbocycles. The van der Waals surface area contributed by atoms with Gasteiger partial charge in [0.1, 0.15) is 17.8 Å². The second-order valence-corrected chi connectivity index (χ2v) is 6.88. The maximum Gasteiger partial charge on any atom is 0.328 e. The molecule has 0 aromatic heterocycles. The minimum Gasteiger partial charge on any atom is -0.494 e. The van der Waals surface area contributed by atoms with E-state index in [1.807, 2.05) is 26.0 Å². The molecule has 1 fully saturated rings. The normalized spacial score (nSPS) is 16.5. The number of hydrogen-bond donors (Lipinski definition) is 1. The van der Waals surface area contributed by atoms with Crippen LogP contribution in [0.3, 0.4) is 0 Å². The first-order valence-corrected chi connectivity index (χ1v) is 8.26. The Morgan fingerprint density at radius 3 is 2.32 bits per heavy atom. The lowest BCUT2D eigenvalue weighted by Gasteiger charge is -2.26. The Bertz CT molecular complexity index is 679. The van der Waals surface area contributed by atoms with Gasteiger partial charge < -0.3 is 15.4 Å². The van der Waals surface area contributed by atoms with E-state index in [4.69, 9.17) is 10.5 Å². The van der Waals surface area contributed by atoms with Crippen molar-refractivity contribution < 1.29 is 19.1 Å². The molecule has 0 atom stereocenters. The molecule has 1 aliphatic rings. The molecule has 7 heteroatoms. The average Bonchev–Trinajstić information content (AvgIpc) is 2.64. The van der Waals surface area contributed by atoms with Crippen molar-refractivity contribution in [2.75, 3.05) is 19.7 Å². The van der Waals surface area contributed by atoms with Gasteiger partial charge in [-0.2, -0.15) is 0 Å². The van der Waals surface area contributed by atoms with Gasteiger partial charge in [0.2, 0.25) is 5.91 Å². The minimum atomic E-state index is -1.07. The third-order valence-corrected chi connectivity index (χ3v) is 4.21. The molecule has 136 valence electrons. The topological polar surface area (TPSA) is 92.9 Å². The van der Waals surface area contributed by atoms with E-state index in [0.29, 0.717) is 13.0 Å². The molecular formula is C18H25N3O4. The molecule has 2 rings (SSSR count). The smallest absolute Gasteiger partial charge is 0.328 e. The maximum atomic E-state index is 12.5. The van der Waals surface area contributed by atoms with Crippen molar-refractivity contribution in [3.63, 3.8) is 0 Å². The molecule has 0 bridgehead atoms. The van der Waals surface area contributed by atoms with Crippen molar-refractivity contribution in [1.29, 1.82) is 0 Å². The number of carbonyl (C=O) groups is 3. The molecule has 1 aliphatic heterocycles. The van der Waals surface area contributed by atoms with Crippen LogP contribution in [0.2, 0.25) is 0 Å². The van der Waals surface area contributed by atoms with Gasteiger partial charge in [0.25, 0.3) is 5.91 Å². The molecule has 2 N–H and O–H groups in total. The summed E-state index contributed by atoms with van der Waals surface area (Å²) in [6.45, 7) is 7.57. The average molecular weight is 347 g/mol. The second-order valence-electron chi connectivity index (χ2n) is 6.88. The summed E-state index contributed by atoms with van der Waals surface area (Å²) in [7, 11) is 0. The Morgan fingerprint density at radius 1 is 1.16 bits per heavy atom. The first-order valence-electron chi connectivity index (χ1n) is 8.26. The van der Waals surface area contributed by atoms with Gasteiger partial charge in [-0.25, -0.2) is 4.79 Å².